The number of carbonyl (C=O) groups excluding carboxylic acids is 3. The van der Waals surface area contributed by atoms with Crippen molar-refractivity contribution in [2.45, 2.75) is 49.9 Å². The number of likely N-dealkylation sites (tertiary alicyclic amines) is 2. The number of hydrogen-bond acceptors (Lipinski definition) is 8. The molecule has 4 atom stereocenters. The topological polar surface area (TPSA) is 152 Å². The van der Waals surface area contributed by atoms with Crippen LogP contribution in [0.2, 0.25) is 0 Å². The molecule has 3 aromatic carbocycles. The Hall–Kier alpha value is -6.60. The van der Waals surface area contributed by atoms with E-state index in [0.29, 0.717) is 24.5 Å². The molecule has 2 fully saturated rings. The third-order valence-corrected chi connectivity index (χ3v) is 11.2. The highest BCUT2D eigenvalue weighted by Gasteiger charge is 2.38. The lowest BCUT2D eigenvalue weighted by Gasteiger charge is -2.31. The van der Waals surface area contributed by atoms with Crippen LogP contribution in [-0.2, 0) is 14.3 Å². The monoisotopic (exact) mass is 777 g/mol. The Morgan fingerprint density at radius 2 is 1.21 bits per heavy atom. The number of aromatic nitrogens is 5. The van der Waals surface area contributed by atoms with Crippen molar-refractivity contribution in [1.29, 1.82) is 0 Å². The maximum absolute atomic E-state index is 13.9. The summed E-state index contributed by atoms with van der Waals surface area (Å²) in [6.07, 6.45) is 9.84. The molecule has 2 aliphatic rings. The normalized spacial score (nSPS) is 17.7. The number of pyridine rings is 1. The van der Waals surface area contributed by atoms with Gasteiger partial charge in [-0.3, -0.25) is 19.5 Å². The summed E-state index contributed by atoms with van der Waals surface area (Å²) in [6, 6.07) is 28.0. The summed E-state index contributed by atoms with van der Waals surface area (Å²) in [5.74, 6) is 1.36. The van der Waals surface area contributed by atoms with Crippen molar-refractivity contribution in [1.82, 2.24) is 44.9 Å². The Labute approximate surface area is 337 Å². The predicted molar refractivity (Wildman–Crippen MR) is 220 cm³/mol. The van der Waals surface area contributed by atoms with Crippen molar-refractivity contribution in [2.75, 3.05) is 34.3 Å². The van der Waals surface area contributed by atoms with Crippen LogP contribution in [0.4, 0.5) is 4.79 Å². The number of methoxy groups -OCH3 is 1. The predicted octanol–water partition coefficient (Wildman–Crippen LogP) is 7.26. The highest BCUT2D eigenvalue weighted by molar-refractivity contribution is 5.87. The van der Waals surface area contributed by atoms with Gasteiger partial charge in [-0.15, -0.1) is 0 Å². The van der Waals surface area contributed by atoms with Crippen LogP contribution in [-0.4, -0.2) is 91.8 Å². The second-order valence-corrected chi connectivity index (χ2v) is 15.0. The third-order valence-electron chi connectivity index (χ3n) is 11.2. The molecule has 0 radical (unpaired) electrons. The van der Waals surface area contributed by atoms with Crippen molar-refractivity contribution < 1.29 is 19.1 Å². The molecule has 58 heavy (non-hydrogen) atoms. The lowest BCUT2D eigenvalue weighted by Crippen LogP contribution is -2.42. The summed E-state index contributed by atoms with van der Waals surface area (Å²) in [5, 5.41) is 2.72. The fourth-order valence-electron chi connectivity index (χ4n) is 8.25. The molecule has 3 amide bonds. The molecular weight excluding hydrogens is 731 g/mol. The van der Waals surface area contributed by atoms with Gasteiger partial charge in [0, 0.05) is 25.5 Å². The number of carbonyl (C=O) groups is 3. The molecule has 0 spiro atoms. The largest absolute Gasteiger partial charge is 0.453 e. The fourth-order valence-corrected chi connectivity index (χ4v) is 8.25. The van der Waals surface area contributed by atoms with Crippen molar-refractivity contribution in [2.24, 2.45) is 0 Å². The average molecular weight is 778 g/mol. The van der Waals surface area contributed by atoms with Crippen LogP contribution in [0.1, 0.15) is 72.6 Å². The molecule has 1 unspecified atom stereocenters. The first-order valence-electron chi connectivity index (χ1n) is 19.7. The molecule has 0 saturated carbocycles. The minimum atomic E-state index is -0.873. The highest BCUT2D eigenvalue weighted by atomic mass is 16.5. The van der Waals surface area contributed by atoms with E-state index in [1.54, 1.807) is 17.3 Å². The first-order valence-corrected chi connectivity index (χ1v) is 19.7. The van der Waals surface area contributed by atoms with E-state index in [1.807, 2.05) is 78.8 Å². The summed E-state index contributed by atoms with van der Waals surface area (Å²) in [7, 11) is 5.13. The first-order chi connectivity index (χ1) is 28.3. The number of ether oxygens (including phenoxy) is 1. The molecule has 13 nitrogen and oxygen atoms in total. The van der Waals surface area contributed by atoms with Gasteiger partial charge in [-0.25, -0.2) is 14.8 Å². The van der Waals surface area contributed by atoms with Gasteiger partial charge in [0.25, 0.3) is 5.91 Å². The summed E-state index contributed by atoms with van der Waals surface area (Å²) >= 11 is 0. The molecule has 2 aliphatic heterocycles. The molecule has 2 saturated heterocycles. The maximum Gasteiger partial charge on any atom is 0.407 e. The molecule has 5 heterocycles. The van der Waals surface area contributed by atoms with Gasteiger partial charge >= 0.3 is 6.09 Å². The Bertz CT molecular complexity index is 2340. The molecule has 13 heteroatoms. The molecule has 8 rings (SSSR count). The van der Waals surface area contributed by atoms with Gasteiger partial charge in [0.15, 0.2) is 0 Å². The quantitative estimate of drug-likeness (QED) is 0.124. The lowest BCUT2D eigenvalue weighted by molar-refractivity contribution is -0.137. The van der Waals surface area contributed by atoms with E-state index >= 15 is 0 Å². The number of nitrogens with one attached hydrogen (secondary N) is 3. The van der Waals surface area contributed by atoms with Crippen LogP contribution in [0.15, 0.2) is 116 Å². The van der Waals surface area contributed by atoms with Gasteiger partial charge in [0.05, 0.1) is 43.0 Å². The van der Waals surface area contributed by atoms with Gasteiger partial charge in [-0.1, -0.05) is 84.9 Å². The summed E-state index contributed by atoms with van der Waals surface area (Å²) in [5.41, 5.74) is 7.46. The molecule has 296 valence electrons. The van der Waals surface area contributed by atoms with Gasteiger partial charge < -0.3 is 29.8 Å². The van der Waals surface area contributed by atoms with Crippen LogP contribution in [0.3, 0.4) is 0 Å². The second-order valence-electron chi connectivity index (χ2n) is 15.0. The summed E-state index contributed by atoms with van der Waals surface area (Å²) in [4.78, 5) is 66.4. The summed E-state index contributed by atoms with van der Waals surface area (Å²) < 4.78 is 4.83. The third kappa shape index (κ3) is 7.85. The number of nitrogens with zero attached hydrogens (tertiary/aromatic N) is 6. The van der Waals surface area contributed by atoms with E-state index in [9.17, 15) is 14.4 Å². The number of benzene rings is 3. The number of rotatable bonds is 11. The van der Waals surface area contributed by atoms with Crippen molar-refractivity contribution in [3.8, 4) is 33.6 Å². The number of amides is 3. The van der Waals surface area contributed by atoms with Crippen LogP contribution < -0.4 is 5.32 Å². The Kier molecular flexibility index (Phi) is 11.1. The van der Waals surface area contributed by atoms with Crippen LogP contribution in [0, 0.1) is 0 Å². The van der Waals surface area contributed by atoms with Crippen molar-refractivity contribution in [3.05, 3.63) is 139 Å². The molecule has 3 aromatic heterocycles. The zero-order valence-electron chi connectivity index (χ0n) is 32.8. The number of imidazole rings is 2. The molecule has 0 aliphatic carbocycles. The first kappa shape index (κ1) is 38.3. The van der Waals surface area contributed by atoms with Gasteiger partial charge in [-0.05, 0) is 79.2 Å². The SMILES string of the molecule is COC(=O)N[C@@H](C(=O)N1CCC[C@H]1c1ncc(-c2ccc(-c3ccc(-c4cnc([C@@H]5CCCN5C(=O)C(c5cccnc5)N(C)C)[nH]4)cc3)cc2)[nH]1)c1ccccc1. The van der Waals surface area contributed by atoms with Crippen molar-refractivity contribution in [3.63, 3.8) is 0 Å². The second kappa shape index (κ2) is 16.9. The highest BCUT2D eigenvalue weighted by Crippen LogP contribution is 2.37. The Morgan fingerprint density at radius 3 is 1.71 bits per heavy atom. The van der Waals surface area contributed by atoms with E-state index in [0.717, 1.165) is 70.7 Å². The number of likely N-dealkylation sites (N-methyl/N-ethyl adjacent to an activating group) is 1. The Morgan fingerprint density at radius 1 is 0.690 bits per heavy atom. The molecule has 3 N–H and O–H groups in total. The zero-order chi connectivity index (χ0) is 40.2. The number of alkyl carbamates (subject to hydrolysis) is 1. The van der Waals surface area contributed by atoms with Crippen molar-refractivity contribution >= 4 is 17.9 Å². The van der Waals surface area contributed by atoms with Crippen LogP contribution in [0.25, 0.3) is 33.6 Å². The number of H-pyrrole nitrogens is 2. The average Bonchev–Trinajstić information content (AvgIpc) is 4.11. The van der Waals surface area contributed by atoms with Gasteiger partial charge in [0.2, 0.25) is 5.91 Å². The standard InChI is InChI=1S/C45H47N9O4/c1-52(2)40(34-12-7-23-46-26-34)44(56)54-25-9-14-38(54)42-48-28-36(50-42)32-21-17-30(18-22-32)29-15-19-31(20-16-29)35-27-47-41(49-35)37-13-8-24-53(37)43(55)39(51-45(57)58-3)33-10-5-4-6-11-33/h4-7,10-12,15-23,26-28,37-40H,8-9,13-14,24-25H2,1-3H3,(H,47,49)(H,48,50)(H,51,57)/t37-,38-,39+,40?/m0/s1. The van der Waals surface area contributed by atoms with E-state index in [1.165, 1.54) is 7.11 Å². The van der Waals surface area contributed by atoms with Gasteiger partial charge in [-0.2, -0.15) is 0 Å². The smallest absolute Gasteiger partial charge is 0.407 e. The minimum absolute atomic E-state index is 0.0535. The molecule has 6 aromatic rings. The maximum atomic E-state index is 13.9. The van der Waals surface area contributed by atoms with E-state index in [2.05, 4.69) is 68.8 Å². The number of hydrogen-bond donors (Lipinski definition) is 3. The van der Waals surface area contributed by atoms with Crippen LogP contribution >= 0.6 is 0 Å². The molecular formula is C45H47N9O4. The number of aromatic amines is 2. The molecule has 0 bridgehead atoms. The summed E-state index contributed by atoms with van der Waals surface area (Å²) in [6.45, 7) is 1.25. The van der Waals surface area contributed by atoms with E-state index < -0.39 is 18.2 Å². The van der Waals surface area contributed by atoms with Gasteiger partial charge in [0.1, 0.15) is 23.7 Å². The Balaban J connectivity index is 0.929. The van der Waals surface area contributed by atoms with Crippen LogP contribution in [0.5, 0.6) is 0 Å². The fraction of sp³-hybridized carbons (Fsp3) is 0.289. The van der Waals surface area contributed by atoms with E-state index in [4.69, 9.17) is 14.7 Å². The lowest BCUT2D eigenvalue weighted by atomic mass is 10.0. The zero-order valence-corrected chi connectivity index (χ0v) is 32.8. The van der Waals surface area contributed by atoms with E-state index in [-0.39, 0.29) is 23.9 Å². The minimum Gasteiger partial charge on any atom is -0.453 e.